The van der Waals surface area contributed by atoms with Crippen LogP contribution in [0, 0.1) is 0 Å². The molecule has 0 aliphatic carbocycles. The zero-order valence-corrected chi connectivity index (χ0v) is 18.2. The van der Waals surface area contributed by atoms with E-state index in [1.807, 2.05) is 61.5 Å². The largest absolute Gasteiger partial charge is 0.494 e. The lowest BCUT2D eigenvalue weighted by atomic mass is 10.0. The van der Waals surface area contributed by atoms with E-state index in [1.54, 1.807) is 4.90 Å². The van der Waals surface area contributed by atoms with E-state index < -0.39 is 0 Å². The normalized spacial score (nSPS) is 11.1. The molecule has 0 unspecified atom stereocenters. The van der Waals surface area contributed by atoms with Gasteiger partial charge in [0.2, 0.25) is 0 Å². The van der Waals surface area contributed by atoms with Crippen molar-refractivity contribution in [2.75, 3.05) is 32.8 Å². The van der Waals surface area contributed by atoms with Crippen LogP contribution in [0.25, 0.3) is 22.2 Å². The Morgan fingerprint density at radius 2 is 1.77 bits per heavy atom. The summed E-state index contributed by atoms with van der Waals surface area (Å²) in [5.41, 5.74) is 3.24. The van der Waals surface area contributed by atoms with Gasteiger partial charge in [-0.15, -0.1) is 0 Å². The molecule has 3 rings (SSSR count). The van der Waals surface area contributed by atoms with E-state index in [0.717, 1.165) is 54.0 Å². The SMILES string of the molecule is CCOc1ccc(-c2cc(C(=O)NCCC[NH+](CC)CC)c3ccccc3n2)cc1. The Hall–Kier alpha value is -2.92. The molecule has 5 heteroatoms. The summed E-state index contributed by atoms with van der Waals surface area (Å²) in [5, 5.41) is 3.97. The van der Waals surface area contributed by atoms with E-state index in [0.29, 0.717) is 18.7 Å². The Morgan fingerprint density at radius 1 is 1.03 bits per heavy atom. The van der Waals surface area contributed by atoms with Crippen molar-refractivity contribution < 1.29 is 14.4 Å². The van der Waals surface area contributed by atoms with Crippen LogP contribution in [0.1, 0.15) is 37.6 Å². The maximum atomic E-state index is 13.0. The lowest BCUT2D eigenvalue weighted by Crippen LogP contribution is -3.11. The van der Waals surface area contributed by atoms with Crippen molar-refractivity contribution in [2.24, 2.45) is 0 Å². The number of carbonyl (C=O) groups is 1. The molecule has 0 saturated carbocycles. The maximum Gasteiger partial charge on any atom is 0.252 e. The zero-order valence-electron chi connectivity index (χ0n) is 18.2. The van der Waals surface area contributed by atoms with Crippen LogP contribution in [-0.4, -0.2) is 43.7 Å². The average Bonchev–Trinajstić information content (AvgIpc) is 2.79. The van der Waals surface area contributed by atoms with E-state index in [1.165, 1.54) is 0 Å². The number of rotatable bonds is 10. The fourth-order valence-corrected chi connectivity index (χ4v) is 3.64. The van der Waals surface area contributed by atoms with E-state index in [-0.39, 0.29) is 5.91 Å². The predicted molar refractivity (Wildman–Crippen MR) is 122 cm³/mol. The van der Waals surface area contributed by atoms with Gasteiger partial charge in [0.1, 0.15) is 5.75 Å². The summed E-state index contributed by atoms with van der Waals surface area (Å²) in [7, 11) is 0. The minimum atomic E-state index is -0.0460. The van der Waals surface area contributed by atoms with Crippen molar-refractivity contribution in [2.45, 2.75) is 27.2 Å². The first-order valence-corrected chi connectivity index (χ1v) is 10.9. The Morgan fingerprint density at radius 3 is 2.47 bits per heavy atom. The van der Waals surface area contributed by atoms with E-state index in [9.17, 15) is 4.79 Å². The van der Waals surface area contributed by atoms with Gasteiger partial charge in [0, 0.05) is 23.9 Å². The quantitative estimate of drug-likeness (QED) is 0.508. The van der Waals surface area contributed by atoms with E-state index in [4.69, 9.17) is 9.72 Å². The molecular weight excluding hydrogens is 374 g/mol. The number of nitrogens with one attached hydrogen (secondary N) is 2. The highest BCUT2D eigenvalue weighted by Gasteiger charge is 2.14. The van der Waals surface area contributed by atoms with Gasteiger partial charge in [-0.1, -0.05) is 18.2 Å². The molecule has 0 aliphatic rings. The summed E-state index contributed by atoms with van der Waals surface area (Å²) in [4.78, 5) is 19.3. The first-order valence-electron chi connectivity index (χ1n) is 10.9. The van der Waals surface area contributed by atoms with Crippen LogP contribution in [0.4, 0.5) is 0 Å². The van der Waals surface area contributed by atoms with Crippen molar-refractivity contribution in [3.63, 3.8) is 0 Å². The molecule has 1 heterocycles. The molecule has 3 aromatic rings. The van der Waals surface area contributed by atoms with E-state index in [2.05, 4.69) is 19.2 Å². The summed E-state index contributed by atoms with van der Waals surface area (Å²) >= 11 is 0. The molecule has 2 aromatic carbocycles. The number of aromatic nitrogens is 1. The van der Waals surface area contributed by atoms with Gasteiger partial charge in [-0.2, -0.15) is 0 Å². The van der Waals surface area contributed by atoms with Crippen molar-refractivity contribution in [3.05, 3.63) is 60.2 Å². The van der Waals surface area contributed by atoms with Gasteiger partial charge in [0.25, 0.3) is 5.91 Å². The van der Waals surface area contributed by atoms with Gasteiger partial charge in [0.15, 0.2) is 0 Å². The monoisotopic (exact) mass is 406 g/mol. The predicted octanol–water partition coefficient (Wildman–Crippen LogP) is 3.35. The standard InChI is InChI=1S/C25H31N3O2/c1-4-28(5-2)17-9-16-26-25(29)22-18-24(27-23-11-8-7-10-21(22)23)19-12-14-20(15-13-19)30-6-3/h7-8,10-15,18H,4-6,9,16-17H2,1-3H3,(H,26,29)/p+1. The summed E-state index contributed by atoms with van der Waals surface area (Å²) in [5.74, 6) is 0.783. The fourth-order valence-electron chi connectivity index (χ4n) is 3.64. The van der Waals surface area contributed by atoms with Crippen LogP contribution < -0.4 is 15.0 Å². The molecule has 1 amide bonds. The van der Waals surface area contributed by atoms with Gasteiger partial charge in [0.05, 0.1) is 43.0 Å². The average molecular weight is 407 g/mol. The third-order valence-electron chi connectivity index (χ3n) is 5.41. The smallest absolute Gasteiger partial charge is 0.252 e. The van der Waals surface area contributed by atoms with Crippen molar-refractivity contribution in [3.8, 4) is 17.0 Å². The Balaban J connectivity index is 1.81. The summed E-state index contributed by atoms with van der Waals surface area (Å²) in [6.07, 6.45) is 0.970. The number of benzene rings is 2. The van der Waals surface area contributed by atoms with Gasteiger partial charge in [-0.25, -0.2) is 4.98 Å². The van der Waals surface area contributed by atoms with Crippen molar-refractivity contribution >= 4 is 16.8 Å². The number of pyridine rings is 1. The number of quaternary nitrogens is 1. The highest BCUT2D eigenvalue weighted by molar-refractivity contribution is 6.07. The molecular formula is C25H32N3O2+. The number of hydrogen-bond donors (Lipinski definition) is 2. The molecule has 0 radical (unpaired) electrons. The topological polar surface area (TPSA) is 55.7 Å². The number of hydrogen-bond acceptors (Lipinski definition) is 3. The number of amides is 1. The zero-order chi connectivity index (χ0) is 21.3. The number of para-hydroxylation sites is 1. The molecule has 1 aromatic heterocycles. The summed E-state index contributed by atoms with van der Waals surface area (Å²) in [6.45, 7) is 11.0. The maximum absolute atomic E-state index is 13.0. The van der Waals surface area contributed by atoms with E-state index >= 15 is 0 Å². The number of nitrogens with zero attached hydrogens (tertiary/aromatic N) is 1. The molecule has 0 spiro atoms. The molecule has 30 heavy (non-hydrogen) atoms. The number of ether oxygens (including phenoxy) is 1. The van der Waals surface area contributed by atoms with Gasteiger partial charge in [-0.3, -0.25) is 4.79 Å². The van der Waals surface area contributed by atoms with Crippen LogP contribution in [0.15, 0.2) is 54.6 Å². The first-order chi connectivity index (χ1) is 14.7. The minimum absolute atomic E-state index is 0.0460. The van der Waals surface area contributed by atoms with Crippen LogP contribution in [-0.2, 0) is 0 Å². The van der Waals surface area contributed by atoms with Crippen LogP contribution >= 0.6 is 0 Å². The van der Waals surface area contributed by atoms with Crippen molar-refractivity contribution in [1.29, 1.82) is 0 Å². The Labute approximate surface area is 179 Å². The van der Waals surface area contributed by atoms with Gasteiger partial charge < -0.3 is 15.0 Å². The van der Waals surface area contributed by atoms with Crippen molar-refractivity contribution in [1.82, 2.24) is 10.3 Å². The number of carbonyl (C=O) groups excluding carboxylic acids is 1. The third kappa shape index (κ3) is 5.36. The second-order valence-corrected chi connectivity index (χ2v) is 7.35. The third-order valence-corrected chi connectivity index (χ3v) is 5.41. The molecule has 0 atom stereocenters. The molecule has 0 saturated heterocycles. The van der Waals surface area contributed by atoms with Gasteiger partial charge >= 0.3 is 0 Å². The lowest BCUT2D eigenvalue weighted by molar-refractivity contribution is -0.896. The molecule has 0 fully saturated rings. The molecule has 0 bridgehead atoms. The molecule has 5 nitrogen and oxygen atoms in total. The Bertz CT molecular complexity index is 966. The summed E-state index contributed by atoms with van der Waals surface area (Å²) in [6, 6.07) is 17.5. The molecule has 0 aliphatic heterocycles. The summed E-state index contributed by atoms with van der Waals surface area (Å²) < 4.78 is 5.53. The first kappa shape index (κ1) is 21.8. The second kappa shape index (κ2) is 10.7. The Kier molecular flexibility index (Phi) is 7.80. The number of fused-ring (bicyclic) bond motifs is 1. The fraction of sp³-hybridized carbons (Fsp3) is 0.360. The minimum Gasteiger partial charge on any atom is -0.494 e. The second-order valence-electron chi connectivity index (χ2n) is 7.35. The highest BCUT2D eigenvalue weighted by atomic mass is 16.5. The lowest BCUT2D eigenvalue weighted by Gasteiger charge is -2.15. The van der Waals surface area contributed by atoms with Crippen LogP contribution in [0.5, 0.6) is 5.75 Å². The highest BCUT2D eigenvalue weighted by Crippen LogP contribution is 2.26. The van der Waals surface area contributed by atoms with Gasteiger partial charge in [-0.05, 0) is 57.2 Å². The van der Waals surface area contributed by atoms with Crippen LogP contribution in [0.2, 0.25) is 0 Å². The molecule has 2 N–H and O–H groups in total. The van der Waals surface area contributed by atoms with Crippen LogP contribution in [0.3, 0.4) is 0 Å². The molecule has 158 valence electrons.